The summed E-state index contributed by atoms with van der Waals surface area (Å²) in [4.78, 5) is 1.31. The molecule has 1 aromatic heterocycles. The first-order valence-corrected chi connectivity index (χ1v) is 9.95. The zero-order valence-electron chi connectivity index (χ0n) is 10.0. The van der Waals surface area contributed by atoms with Crippen LogP contribution in [-0.2, 0) is 11.8 Å². The SMILES string of the molecule is Clc1ccc(CC(CBr)(CBr)c2cccc(Br)c2)s1. The summed E-state index contributed by atoms with van der Waals surface area (Å²) in [5.41, 5.74) is 1.36. The van der Waals surface area contributed by atoms with Crippen molar-refractivity contribution in [2.75, 3.05) is 10.7 Å². The topological polar surface area (TPSA) is 0 Å². The molecule has 0 bridgehead atoms. The van der Waals surface area contributed by atoms with Crippen LogP contribution in [0.2, 0.25) is 4.34 Å². The molecule has 102 valence electrons. The van der Waals surface area contributed by atoms with Crippen molar-refractivity contribution in [2.24, 2.45) is 0 Å². The lowest BCUT2D eigenvalue weighted by Gasteiger charge is -2.30. The molecule has 0 saturated carbocycles. The van der Waals surface area contributed by atoms with Crippen molar-refractivity contribution >= 4 is 70.7 Å². The predicted molar refractivity (Wildman–Crippen MR) is 96.4 cm³/mol. The number of benzene rings is 1. The fourth-order valence-electron chi connectivity index (χ4n) is 1.99. The van der Waals surface area contributed by atoms with Crippen molar-refractivity contribution in [3.05, 3.63) is 55.6 Å². The molecule has 1 aromatic carbocycles. The van der Waals surface area contributed by atoms with Gasteiger partial charge in [0, 0.05) is 25.4 Å². The molecule has 0 unspecified atom stereocenters. The van der Waals surface area contributed by atoms with Gasteiger partial charge in [-0.25, -0.2) is 0 Å². The number of thiophene rings is 1. The largest absolute Gasteiger partial charge is 0.128 e. The third-order valence-electron chi connectivity index (χ3n) is 3.09. The van der Waals surface area contributed by atoms with E-state index in [1.807, 2.05) is 6.07 Å². The summed E-state index contributed by atoms with van der Waals surface area (Å²) in [6, 6.07) is 12.6. The molecule has 2 aromatic rings. The van der Waals surface area contributed by atoms with Gasteiger partial charge in [-0.2, -0.15) is 0 Å². The van der Waals surface area contributed by atoms with E-state index in [2.05, 4.69) is 78.1 Å². The zero-order chi connectivity index (χ0) is 13.9. The van der Waals surface area contributed by atoms with E-state index in [-0.39, 0.29) is 5.41 Å². The quantitative estimate of drug-likeness (QED) is 0.426. The van der Waals surface area contributed by atoms with E-state index < -0.39 is 0 Å². The second-order valence-corrected chi connectivity index (χ2v) is 8.28. The molecule has 19 heavy (non-hydrogen) atoms. The fraction of sp³-hybridized carbons (Fsp3) is 0.286. The predicted octanol–water partition coefficient (Wildman–Crippen LogP) is 6.43. The summed E-state index contributed by atoms with van der Waals surface area (Å²) >= 11 is 18.6. The Morgan fingerprint density at radius 1 is 1.11 bits per heavy atom. The molecule has 0 amide bonds. The van der Waals surface area contributed by atoms with Crippen LogP contribution in [-0.4, -0.2) is 10.7 Å². The molecule has 0 aliphatic carbocycles. The standard InChI is InChI=1S/C14H12Br3ClS/c15-8-14(9-16,7-12-4-5-13(18)19-12)10-2-1-3-11(17)6-10/h1-6H,7-9H2. The highest BCUT2D eigenvalue weighted by Crippen LogP contribution is 2.36. The van der Waals surface area contributed by atoms with E-state index in [1.54, 1.807) is 11.3 Å². The molecule has 0 nitrogen and oxygen atoms in total. The van der Waals surface area contributed by atoms with Crippen LogP contribution < -0.4 is 0 Å². The summed E-state index contributed by atoms with van der Waals surface area (Å²) in [5, 5.41) is 1.80. The molecule has 0 N–H and O–H groups in total. The second-order valence-electron chi connectivity index (χ2n) is 4.44. The van der Waals surface area contributed by atoms with Gasteiger partial charge >= 0.3 is 0 Å². The van der Waals surface area contributed by atoms with Crippen LogP contribution in [0.15, 0.2) is 40.9 Å². The summed E-state index contributed by atoms with van der Waals surface area (Å²) in [6.45, 7) is 0. The van der Waals surface area contributed by atoms with Crippen LogP contribution in [0.3, 0.4) is 0 Å². The smallest absolute Gasteiger partial charge is 0.0931 e. The Kier molecular flexibility index (Phi) is 5.97. The lowest BCUT2D eigenvalue weighted by Crippen LogP contribution is -2.32. The molecule has 0 saturated heterocycles. The van der Waals surface area contributed by atoms with Crippen LogP contribution in [0.25, 0.3) is 0 Å². The maximum Gasteiger partial charge on any atom is 0.0931 e. The molecule has 0 spiro atoms. The molecule has 0 radical (unpaired) electrons. The average molecular weight is 487 g/mol. The van der Waals surface area contributed by atoms with Crippen molar-refractivity contribution in [3.63, 3.8) is 0 Å². The minimum absolute atomic E-state index is 0.0396. The van der Waals surface area contributed by atoms with Gasteiger partial charge in [0.05, 0.1) is 4.34 Å². The number of hydrogen-bond acceptors (Lipinski definition) is 1. The Morgan fingerprint density at radius 2 is 1.84 bits per heavy atom. The van der Waals surface area contributed by atoms with Crippen LogP contribution in [0, 0.1) is 0 Å². The Morgan fingerprint density at radius 3 is 2.37 bits per heavy atom. The molecule has 0 fully saturated rings. The van der Waals surface area contributed by atoms with Gasteiger partial charge in [0.15, 0.2) is 0 Å². The molecular formula is C14H12Br3ClS. The summed E-state index contributed by atoms with van der Waals surface area (Å²) in [5.74, 6) is 0. The van der Waals surface area contributed by atoms with Gasteiger partial charge in [0.2, 0.25) is 0 Å². The van der Waals surface area contributed by atoms with Crippen molar-refractivity contribution in [3.8, 4) is 0 Å². The van der Waals surface area contributed by atoms with Crippen LogP contribution in [0.4, 0.5) is 0 Å². The van der Waals surface area contributed by atoms with Crippen molar-refractivity contribution in [2.45, 2.75) is 11.8 Å². The first-order valence-electron chi connectivity index (χ1n) is 5.72. The minimum atomic E-state index is 0.0396. The average Bonchev–Trinajstić information content (AvgIpc) is 2.81. The Bertz CT molecular complexity index is 549. The maximum absolute atomic E-state index is 6.03. The monoisotopic (exact) mass is 484 g/mol. The second kappa shape index (κ2) is 7.08. The molecule has 2 rings (SSSR count). The summed E-state index contributed by atoms with van der Waals surface area (Å²) < 4.78 is 1.96. The highest BCUT2D eigenvalue weighted by molar-refractivity contribution is 9.10. The summed E-state index contributed by atoms with van der Waals surface area (Å²) in [7, 11) is 0. The molecular weight excluding hydrogens is 475 g/mol. The zero-order valence-corrected chi connectivity index (χ0v) is 16.3. The van der Waals surface area contributed by atoms with Gasteiger partial charge in [-0.3, -0.25) is 0 Å². The third-order valence-corrected chi connectivity index (χ3v) is 6.96. The lowest BCUT2D eigenvalue weighted by molar-refractivity contribution is 0.556. The molecule has 1 heterocycles. The lowest BCUT2D eigenvalue weighted by atomic mass is 9.81. The first-order chi connectivity index (χ1) is 9.09. The first kappa shape index (κ1) is 16.0. The highest BCUT2D eigenvalue weighted by Gasteiger charge is 2.31. The van der Waals surface area contributed by atoms with E-state index in [0.29, 0.717) is 0 Å². The number of rotatable bonds is 5. The Labute approximate surface area is 147 Å². The van der Waals surface area contributed by atoms with Crippen molar-refractivity contribution in [1.29, 1.82) is 0 Å². The number of halogens is 4. The summed E-state index contributed by atoms with van der Waals surface area (Å²) in [6.07, 6.45) is 0.970. The number of hydrogen-bond donors (Lipinski definition) is 0. The molecule has 0 aliphatic rings. The van der Waals surface area contributed by atoms with Gasteiger partial charge in [0.25, 0.3) is 0 Å². The van der Waals surface area contributed by atoms with E-state index in [9.17, 15) is 0 Å². The van der Waals surface area contributed by atoms with Crippen LogP contribution >= 0.6 is 70.7 Å². The van der Waals surface area contributed by atoms with E-state index >= 15 is 0 Å². The highest BCUT2D eigenvalue weighted by atomic mass is 79.9. The Hall–Kier alpha value is 0.650. The number of alkyl halides is 2. The van der Waals surface area contributed by atoms with Gasteiger partial charge in [-0.1, -0.05) is 71.5 Å². The van der Waals surface area contributed by atoms with Gasteiger partial charge < -0.3 is 0 Å². The van der Waals surface area contributed by atoms with Gasteiger partial charge in [-0.15, -0.1) is 11.3 Å². The van der Waals surface area contributed by atoms with Crippen LogP contribution in [0.5, 0.6) is 0 Å². The third kappa shape index (κ3) is 3.85. The maximum atomic E-state index is 6.03. The van der Waals surface area contributed by atoms with Gasteiger partial charge in [-0.05, 0) is 36.2 Å². The normalized spacial score (nSPS) is 11.8. The van der Waals surface area contributed by atoms with Crippen molar-refractivity contribution < 1.29 is 0 Å². The van der Waals surface area contributed by atoms with E-state index in [0.717, 1.165) is 25.9 Å². The molecule has 0 atom stereocenters. The van der Waals surface area contributed by atoms with Crippen LogP contribution in [0.1, 0.15) is 10.4 Å². The minimum Gasteiger partial charge on any atom is -0.128 e. The Balaban J connectivity index is 2.37. The van der Waals surface area contributed by atoms with Crippen molar-refractivity contribution in [1.82, 2.24) is 0 Å². The van der Waals surface area contributed by atoms with E-state index in [1.165, 1.54) is 10.4 Å². The van der Waals surface area contributed by atoms with E-state index in [4.69, 9.17) is 11.6 Å². The van der Waals surface area contributed by atoms with Gasteiger partial charge in [0.1, 0.15) is 0 Å². The molecule has 5 heteroatoms. The molecule has 0 aliphatic heterocycles. The fourth-order valence-corrected chi connectivity index (χ4v) is 5.59.